The standard InChI is InChI=1S/C21H25N3O3S/c1-13(2)8-15-6-7-24(10-15)21(25)18-11-27-20(23-18)12-26-16-4-5-19-17(9-16)22-14(3)28-19/h4-5,9,11,13,15H,6-8,10,12H2,1-3H3/t15-/m1/s1. The van der Waals surface area contributed by atoms with E-state index in [2.05, 4.69) is 23.8 Å². The second-order valence-electron chi connectivity index (χ2n) is 7.81. The van der Waals surface area contributed by atoms with E-state index in [1.165, 1.54) is 6.26 Å². The molecule has 1 aliphatic rings. The van der Waals surface area contributed by atoms with E-state index < -0.39 is 0 Å². The van der Waals surface area contributed by atoms with Crippen molar-refractivity contribution < 1.29 is 13.9 Å². The maximum atomic E-state index is 12.7. The van der Waals surface area contributed by atoms with Crippen molar-refractivity contribution in [1.82, 2.24) is 14.9 Å². The van der Waals surface area contributed by atoms with Crippen molar-refractivity contribution in [1.29, 1.82) is 0 Å². The van der Waals surface area contributed by atoms with E-state index in [-0.39, 0.29) is 12.5 Å². The van der Waals surface area contributed by atoms with E-state index >= 15 is 0 Å². The molecule has 0 spiro atoms. The van der Waals surface area contributed by atoms with Crippen molar-refractivity contribution in [3.63, 3.8) is 0 Å². The fourth-order valence-electron chi connectivity index (χ4n) is 3.77. The fraction of sp³-hybridized carbons (Fsp3) is 0.476. The van der Waals surface area contributed by atoms with Crippen LogP contribution in [0.15, 0.2) is 28.9 Å². The van der Waals surface area contributed by atoms with Crippen LogP contribution in [-0.4, -0.2) is 33.9 Å². The number of hydrogen-bond acceptors (Lipinski definition) is 6. The molecule has 0 aliphatic carbocycles. The molecule has 0 bridgehead atoms. The molecule has 0 N–H and O–H groups in total. The van der Waals surface area contributed by atoms with Gasteiger partial charge in [0.05, 0.1) is 15.2 Å². The molecule has 7 heteroatoms. The Hall–Kier alpha value is -2.41. The smallest absolute Gasteiger partial charge is 0.275 e. The number of nitrogens with zero attached hydrogens (tertiary/aromatic N) is 3. The molecule has 2 aromatic heterocycles. The second kappa shape index (κ2) is 7.91. The van der Waals surface area contributed by atoms with Gasteiger partial charge in [0.25, 0.3) is 5.91 Å². The average Bonchev–Trinajstić information content (AvgIpc) is 3.37. The Morgan fingerprint density at radius 3 is 3.07 bits per heavy atom. The summed E-state index contributed by atoms with van der Waals surface area (Å²) in [6.45, 7) is 8.22. The van der Waals surface area contributed by atoms with Crippen molar-refractivity contribution in [2.75, 3.05) is 13.1 Å². The quantitative estimate of drug-likeness (QED) is 0.602. The van der Waals surface area contributed by atoms with Crippen LogP contribution in [0.1, 0.15) is 48.1 Å². The van der Waals surface area contributed by atoms with Gasteiger partial charge < -0.3 is 14.1 Å². The van der Waals surface area contributed by atoms with Crippen LogP contribution in [0.25, 0.3) is 10.2 Å². The first-order chi connectivity index (χ1) is 13.5. The number of thiazole rings is 1. The molecular formula is C21H25N3O3S. The van der Waals surface area contributed by atoms with E-state index in [1.807, 2.05) is 30.0 Å². The molecule has 1 saturated heterocycles. The topological polar surface area (TPSA) is 68.5 Å². The minimum Gasteiger partial charge on any atom is -0.484 e. The Kier molecular flexibility index (Phi) is 5.35. The van der Waals surface area contributed by atoms with Gasteiger partial charge >= 0.3 is 0 Å². The van der Waals surface area contributed by atoms with Crippen molar-refractivity contribution in [2.24, 2.45) is 11.8 Å². The summed E-state index contributed by atoms with van der Waals surface area (Å²) in [7, 11) is 0. The molecule has 6 nitrogen and oxygen atoms in total. The zero-order valence-electron chi connectivity index (χ0n) is 16.5. The Labute approximate surface area is 168 Å². The van der Waals surface area contributed by atoms with Gasteiger partial charge in [-0.25, -0.2) is 9.97 Å². The van der Waals surface area contributed by atoms with Gasteiger partial charge in [0.15, 0.2) is 12.3 Å². The first kappa shape index (κ1) is 18.9. The van der Waals surface area contributed by atoms with Crippen molar-refractivity contribution >= 4 is 27.5 Å². The van der Waals surface area contributed by atoms with Crippen LogP contribution in [0.4, 0.5) is 0 Å². The largest absolute Gasteiger partial charge is 0.484 e. The molecule has 0 radical (unpaired) electrons. The third-order valence-corrected chi connectivity index (χ3v) is 5.93. The Balaban J connectivity index is 1.35. The molecule has 3 heterocycles. The molecular weight excluding hydrogens is 374 g/mol. The lowest BCUT2D eigenvalue weighted by atomic mass is 9.97. The van der Waals surface area contributed by atoms with Crippen LogP contribution in [0.2, 0.25) is 0 Å². The van der Waals surface area contributed by atoms with Gasteiger partial charge in [0.1, 0.15) is 12.0 Å². The van der Waals surface area contributed by atoms with E-state index in [0.29, 0.717) is 29.2 Å². The molecule has 0 unspecified atom stereocenters. The third-order valence-electron chi connectivity index (χ3n) is 4.98. The predicted octanol–water partition coefficient (Wildman–Crippen LogP) is 4.68. The van der Waals surface area contributed by atoms with E-state index in [9.17, 15) is 4.79 Å². The lowest BCUT2D eigenvalue weighted by Crippen LogP contribution is -2.29. The number of ether oxygens (including phenoxy) is 1. The highest BCUT2D eigenvalue weighted by Gasteiger charge is 2.28. The summed E-state index contributed by atoms with van der Waals surface area (Å²) >= 11 is 1.66. The zero-order valence-corrected chi connectivity index (χ0v) is 17.3. The number of hydrogen-bond donors (Lipinski definition) is 0. The maximum Gasteiger partial charge on any atom is 0.275 e. The monoisotopic (exact) mass is 399 g/mol. The number of rotatable bonds is 6. The number of oxazole rings is 1. The number of aryl methyl sites for hydroxylation is 1. The molecule has 1 aliphatic heterocycles. The van der Waals surface area contributed by atoms with Crippen LogP contribution < -0.4 is 4.74 Å². The van der Waals surface area contributed by atoms with Crippen LogP contribution in [-0.2, 0) is 6.61 Å². The summed E-state index contributed by atoms with van der Waals surface area (Å²) in [4.78, 5) is 23.4. The van der Waals surface area contributed by atoms with Crippen molar-refractivity contribution in [3.05, 3.63) is 41.1 Å². The van der Waals surface area contributed by atoms with Gasteiger partial charge in [-0.05, 0) is 43.7 Å². The number of aromatic nitrogens is 2. The second-order valence-corrected chi connectivity index (χ2v) is 9.05. The van der Waals surface area contributed by atoms with E-state index in [4.69, 9.17) is 9.15 Å². The first-order valence-corrected chi connectivity index (χ1v) is 10.5. The molecule has 3 aromatic rings. The zero-order chi connectivity index (χ0) is 19.7. The highest BCUT2D eigenvalue weighted by molar-refractivity contribution is 7.18. The number of fused-ring (bicyclic) bond motifs is 1. The first-order valence-electron chi connectivity index (χ1n) is 9.71. The molecule has 1 aromatic carbocycles. The van der Waals surface area contributed by atoms with E-state index in [0.717, 1.165) is 41.2 Å². The molecule has 1 atom stereocenters. The van der Waals surface area contributed by atoms with Crippen molar-refractivity contribution in [3.8, 4) is 5.75 Å². The van der Waals surface area contributed by atoms with Gasteiger partial charge in [0, 0.05) is 19.2 Å². The summed E-state index contributed by atoms with van der Waals surface area (Å²) in [6.07, 6.45) is 3.66. The predicted molar refractivity (Wildman–Crippen MR) is 109 cm³/mol. The van der Waals surface area contributed by atoms with Gasteiger partial charge in [-0.2, -0.15) is 0 Å². The Morgan fingerprint density at radius 2 is 2.25 bits per heavy atom. The molecule has 1 fully saturated rings. The van der Waals surface area contributed by atoms with Gasteiger partial charge in [-0.3, -0.25) is 4.79 Å². The minimum absolute atomic E-state index is 0.0550. The highest BCUT2D eigenvalue weighted by Crippen LogP contribution is 2.26. The Morgan fingerprint density at radius 1 is 1.39 bits per heavy atom. The van der Waals surface area contributed by atoms with Gasteiger partial charge in [-0.15, -0.1) is 11.3 Å². The third kappa shape index (κ3) is 4.19. The van der Waals surface area contributed by atoms with Gasteiger partial charge in [0.2, 0.25) is 5.89 Å². The van der Waals surface area contributed by atoms with Crippen LogP contribution in [0.5, 0.6) is 5.75 Å². The van der Waals surface area contributed by atoms with Crippen LogP contribution >= 0.6 is 11.3 Å². The summed E-state index contributed by atoms with van der Waals surface area (Å²) in [5.74, 6) is 2.29. The maximum absolute atomic E-state index is 12.7. The fourth-order valence-corrected chi connectivity index (χ4v) is 4.58. The summed E-state index contributed by atoms with van der Waals surface area (Å²) < 4.78 is 12.4. The summed E-state index contributed by atoms with van der Waals surface area (Å²) in [6, 6.07) is 5.82. The SMILES string of the molecule is Cc1nc2cc(OCc3nc(C(=O)N4CC[C@H](CC(C)C)C4)co3)ccc2s1. The minimum atomic E-state index is -0.0550. The highest BCUT2D eigenvalue weighted by atomic mass is 32.1. The molecule has 1 amide bonds. The number of likely N-dealkylation sites (tertiary alicyclic amines) is 1. The molecule has 4 rings (SSSR count). The lowest BCUT2D eigenvalue weighted by Gasteiger charge is -2.15. The molecule has 28 heavy (non-hydrogen) atoms. The molecule has 148 valence electrons. The van der Waals surface area contributed by atoms with E-state index in [1.54, 1.807) is 11.3 Å². The number of amides is 1. The van der Waals surface area contributed by atoms with Crippen LogP contribution in [0.3, 0.4) is 0 Å². The molecule has 0 saturated carbocycles. The van der Waals surface area contributed by atoms with Crippen molar-refractivity contribution in [2.45, 2.75) is 40.2 Å². The normalized spacial score (nSPS) is 17.0. The lowest BCUT2D eigenvalue weighted by molar-refractivity contribution is 0.0779. The number of carbonyl (C=O) groups is 1. The number of benzene rings is 1. The Bertz CT molecular complexity index is 978. The summed E-state index contributed by atoms with van der Waals surface area (Å²) in [5, 5.41) is 1.03. The van der Waals surface area contributed by atoms with Crippen LogP contribution in [0, 0.1) is 18.8 Å². The number of carbonyl (C=O) groups excluding carboxylic acids is 1. The average molecular weight is 400 g/mol. The summed E-state index contributed by atoms with van der Waals surface area (Å²) in [5.41, 5.74) is 1.28. The van der Waals surface area contributed by atoms with Gasteiger partial charge in [-0.1, -0.05) is 13.8 Å².